The SMILES string of the molecule is COC(=O)C(NC(=O)Cn1cccn1)C(C)C. The van der Waals surface area contributed by atoms with E-state index in [0.717, 1.165) is 0 Å². The van der Waals surface area contributed by atoms with Crippen LogP contribution in [0.15, 0.2) is 18.5 Å². The van der Waals surface area contributed by atoms with Gasteiger partial charge in [0.25, 0.3) is 0 Å². The normalized spacial score (nSPS) is 12.2. The lowest BCUT2D eigenvalue weighted by Gasteiger charge is -2.19. The maximum absolute atomic E-state index is 11.7. The Morgan fingerprint density at radius 1 is 1.47 bits per heavy atom. The van der Waals surface area contributed by atoms with Crippen LogP contribution in [-0.2, 0) is 20.9 Å². The van der Waals surface area contributed by atoms with Gasteiger partial charge in [0.05, 0.1) is 7.11 Å². The molecule has 0 saturated heterocycles. The minimum Gasteiger partial charge on any atom is -0.467 e. The van der Waals surface area contributed by atoms with Crippen LogP contribution in [0.5, 0.6) is 0 Å². The van der Waals surface area contributed by atoms with Crippen LogP contribution in [0.3, 0.4) is 0 Å². The molecule has 6 nitrogen and oxygen atoms in total. The third-order valence-electron chi connectivity index (χ3n) is 2.30. The van der Waals surface area contributed by atoms with E-state index in [0.29, 0.717) is 0 Å². The highest BCUT2D eigenvalue weighted by Crippen LogP contribution is 2.03. The summed E-state index contributed by atoms with van der Waals surface area (Å²) in [5, 5.41) is 6.54. The largest absolute Gasteiger partial charge is 0.467 e. The lowest BCUT2D eigenvalue weighted by Crippen LogP contribution is -2.46. The van der Waals surface area contributed by atoms with Crippen LogP contribution in [-0.4, -0.2) is 34.8 Å². The van der Waals surface area contributed by atoms with Gasteiger partial charge in [-0.05, 0) is 12.0 Å². The number of hydrogen-bond acceptors (Lipinski definition) is 4. The topological polar surface area (TPSA) is 73.2 Å². The quantitative estimate of drug-likeness (QED) is 0.745. The summed E-state index contributed by atoms with van der Waals surface area (Å²) in [5.41, 5.74) is 0. The standard InChI is InChI=1S/C11H17N3O3/c1-8(2)10(11(16)17-3)13-9(15)7-14-6-4-5-12-14/h4-6,8,10H,7H2,1-3H3,(H,13,15). The summed E-state index contributed by atoms with van der Waals surface area (Å²) < 4.78 is 6.12. The van der Waals surface area contributed by atoms with Crippen molar-refractivity contribution >= 4 is 11.9 Å². The first kappa shape index (κ1) is 13.2. The fourth-order valence-corrected chi connectivity index (χ4v) is 1.38. The Hall–Kier alpha value is -1.85. The molecule has 1 rings (SSSR count). The summed E-state index contributed by atoms with van der Waals surface area (Å²) in [4.78, 5) is 23.1. The summed E-state index contributed by atoms with van der Waals surface area (Å²) in [5.74, 6) is -0.726. The Kier molecular flexibility index (Phi) is 4.68. The van der Waals surface area contributed by atoms with Crippen LogP contribution in [0.2, 0.25) is 0 Å². The van der Waals surface area contributed by atoms with Gasteiger partial charge in [0.2, 0.25) is 5.91 Å². The third-order valence-corrected chi connectivity index (χ3v) is 2.30. The molecule has 1 unspecified atom stereocenters. The van der Waals surface area contributed by atoms with Crippen LogP contribution in [0.4, 0.5) is 0 Å². The molecule has 0 aliphatic carbocycles. The molecule has 0 aliphatic rings. The average molecular weight is 239 g/mol. The minimum absolute atomic E-state index is 0.0241. The summed E-state index contributed by atoms with van der Waals surface area (Å²) in [6, 6.07) is 1.11. The monoisotopic (exact) mass is 239 g/mol. The smallest absolute Gasteiger partial charge is 0.328 e. The van der Waals surface area contributed by atoms with E-state index in [1.54, 1.807) is 18.5 Å². The fourth-order valence-electron chi connectivity index (χ4n) is 1.38. The highest BCUT2D eigenvalue weighted by atomic mass is 16.5. The summed E-state index contributed by atoms with van der Waals surface area (Å²) in [6.07, 6.45) is 3.27. The molecule has 6 heteroatoms. The van der Waals surface area contributed by atoms with Crippen LogP contribution in [0, 0.1) is 5.92 Å². The minimum atomic E-state index is -0.622. The van der Waals surface area contributed by atoms with E-state index in [1.165, 1.54) is 11.8 Å². The van der Waals surface area contributed by atoms with E-state index in [2.05, 4.69) is 15.2 Å². The van der Waals surface area contributed by atoms with Crippen LogP contribution >= 0.6 is 0 Å². The maximum Gasteiger partial charge on any atom is 0.328 e. The van der Waals surface area contributed by atoms with Gasteiger partial charge in [0.1, 0.15) is 12.6 Å². The van der Waals surface area contributed by atoms with Gasteiger partial charge in [-0.25, -0.2) is 4.79 Å². The van der Waals surface area contributed by atoms with Crippen molar-refractivity contribution in [2.24, 2.45) is 5.92 Å². The van der Waals surface area contributed by atoms with Crippen LogP contribution in [0.25, 0.3) is 0 Å². The van der Waals surface area contributed by atoms with E-state index in [9.17, 15) is 9.59 Å². The number of carbonyl (C=O) groups excluding carboxylic acids is 2. The molecule has 0 aliphatic heterocycles. The molecule has 17 heavy (non-hydrogen) atoms. The predicted octanol–water partition coefficient (Wildman–Crippen LogP) is 0.197. The molecule has 1 amide bonds. The Labute approximate surface area is 99.9 Å². The summed E-state index contributed by atoms with van der Waals surface area (Å²) in [6.45, 7) is 3.78. The van der Waals surface area contributed by atoms with Crippen molar-refractivity contribution in [1.82, 2.24) is 15.1 Å². The van der Waals surface area contributed by atoms with Gasteiger partial charge in [-0.1, -0.05) is 13.8 Å². The molecule has 1 aromatic rings. The van der Waals surface area contributed by atoms with E-state index in [1.807, 2.05) is 13.8 Å². The van der Waals surface area contributed by atoms with Crippen molar-refractivity contribution in [1.29, 1.82) is 0 Å². The van der Waals surface area contributed by atoms with Gasteiger partial charge in [-0.2, -0.15) is 5.10 Å². The third kappa shape index (κ3) is 3.90. The molecule has 1 N–H and O–H groups in total. The molecule has 0 saturated carbocycles. The lowest BCUT2D eigenvalue weighted by atomic mass is 10.0. The number of esters is 1. The second-order valence-corrected chi connectivity index (χ2v) is 4.02. The van der Waals surface area contributed by atoms with Crippen molar-refractivity contribution in [2.45, 2.75) is 26.4 Å². The zero-order chi connectivity index (χ0) is 12.8. The molecule has 1 heterocycles. The number of carbonyl (C=O) groups is 2. The van der Waals surface area contributed by atoms with Gasteiger partial charge in [-0.3, -0.25) is 9.48 Å². The van der Waals surface area contributed by atoms with Gasteiger partial charge < -0.3 is 10.1 Å². The zero-order valence-electron chi connectivity index (χ0n) is 10.2. The molecule has 0 radical (unpaired) electrons. The highest BCUT2D eigenvalue weighted by Gasteiger charge is 2.24. The number of aromatic nitrogens is 2. The maximum atomic E-state index is 11.7. The molecule has 0 fully saturated rings. The van der Waals surface area contributed by atoms with E-state index in [-0.39, 0.29) is 18.4 Å². The second kappa shape index (κ2) is 6.03. The molecule has 94 valence electrons. The number of hydrogen-bond donors (Lipinski definition) is 1. The molecule has 0 bridgehead atoms. The van der Waals surface area contributed by atoms with Crippen molar-refractivity contribution < 1.29 is 14.3 Å². The van der Waals surface area contributed by atoms with Crippen LogP contribution in [0.1, 0.15) is 13.8 Å². The van der Waals surface area contributed by atoms with E-state index < -0.39 is 12.0 Å². The van der Waals surface area contributed by atoms with Crippen molar-refractivity contribution in [2.75, 3.05) is 7.11 Å². The number of methoxy groups -OCH3 is 1. The summed E-state index contributed by atoms with van der Waals surface area (Å²) >= 11 is 0. The van der Waals surface area contributed by atoms with Crippen molar-refractivity contribution in [3.8, 4) is 0 Å². The number of nitrogens with zero attached hydrogens (tertiary/aromatic N) is 2. The Bertz CT molecular complexity index is 373. The molecular formula is C11H17N3O3. The first-order valence-electron chi connectivity index (χ1n) is 5.39. The lowest BCUT2D eigenvalue weighted by molar-refractivity contribution is -0.146. The highest BCUT2D eigenvalue weighted by molar-refractivity contribution is 5.84. The van der Waals surface area contributed by atoms with Crippen molar-refractivity contribution in [3.05, 3.63) is 18.5 Å². The zero-order valence-corrected chi connectivity index (χ0v) is 10.2. The Morgan fingerprint density at radius 3 is 2.65 bits per heavy atom. The first-order valence-corrected chi connectivity index (χ1v) is 5.39. The molecule has 1 atom stereocenters. The van der Waals surface area contributed by atoms with Gasteiger partial charge in [0.15, 0.2) is 0 Å². The number of nitrogens with one attached hydrogen (secondary N) is 1. The Morgan fingerprint density at radius 2 is 2.18 bits per heavy atom. The average Bonchev–Trinajstić information content (AvgIpc) is 2.77. The molecule has 0 spiro atoms. The summed E-state index contributed by atoms with van der Waals surface area (Å²) in [7, 11) is 1.30. The van der Waals surface area contributed by atoms with Crippen molar-refractivity contribution in [3.63, 3.8) is 0 Å². The first-order chi connectivity index (χ1) is 8.04. The molecule has 0 aromatic carbocycles. The van der Waals surface area contributed by atoms with Crippen LogP contribution < -0.4 is 5.32 Å². The number of amides is 1. The predicted molar refractivity (Wildman–Crippen MR) is 61.0 cm³/mol. The van der Waals surface area contributed by atoms with E-state index in [4.69, 9.17) is 0 Å². The second-order valence-electron chi connectivity index (χ2n) is 4.02. The molecular weight excluding hydrogens is 222 g/mol. The van der Waals surface area contributed by atoms with E-state index >= 15 is 0 Å². The molecule has 1 aromatic heterocycles. The van der Waals surface area contributed by atoms with Gasteiger partial charge in [0, 0.05) is 12.4 Å². The Balaban J connectivity index is 2.55. The number of ether oxygens (including phenoxy) is 1. The van der Waals surface area contributed by atoms with Gasteiger partial charge in [-0.15, -0.1) is 0 Å². The van der Waals surface area contributed by atoms with Gasteiger partial charge >= 0.3 is 5.97 Å². The fraction of sp³-hybridized carbons (Fsp3) is 0.545. The number of rotatable bonds is 5.